The van der Waals surface area contributed by atoms with Crippen molar-refractivity contribution in [3.63, 3.8) is 0 Å². The number of rotatable bonds is 1. The first-order valence-electron chi connectivity index (χ1n) is 7.04. The van der Waals surface area contributed by atoms with Crippen LogP contribution in [0.5, 0.6) is 0 Å². The zero-order valence-electron chi connectivity index (χ0n) is 12.4. The van der Waals surface area contributed by atoms with Crippen molar-refractivity contribution in [1.82, 2.24) is 15.0 Å². The van der Waals surface area contributed by atoms with E-state index in [1.807, 2.05) is 18.5 Å². The van der Waals surface area contributed by atoms with Crippen LogP contribution in [0.3, 0.4) is 0 Å². The Morgan fingerprint density at radius 2 is 1.70 bits per heavy atom. The Hall–Kier alpha value is -2.03. The van der Waals surface area contributed by atoms with Crippen LogP contribution in [0.25, 0.3) is 21.8 Å². The van der Waals surface area contributed by atoms with Crippen molar-refractivity contribution in [1.29, 1.82) is 0 Å². The summed E-state index contributed by atoms with van der Waals surface area (Å²) in [6.45, 7) is 8.69. The number of hydrogen-bond donors (Lipinski definition) is 0. The monoisotopic (exact) mass is 265 g/mol. The van der Waals surface area contributed by atoms with E-state index in [1.54, 1.807) is 0 Å². The van der Waals surface area contributed by atoms with Crippen LogP contribution in [0, 0.1) is 0 Å². The summed E-state index contributed by atoms with van der Waals surface area (Å²) in [4.78, 5) is 13.9. The minimum atomic E-state index is 0.0103. The zero-order valence-corrected chi connectivity index (χ0v) is 12.4. The largest absolute Gasteiger partial charge is 0.264 e. The molecular formula is C17H19N3. The third kappa shape index (κ3) is 2.13. The SMILES string of the molecule is CCc1nc2cc3ccncc3cc2nc1C(C)(C)C. The van der Waals surface area contributed by atoms with Crippen molar-refractivity contribution in [2.24, 2.45) is 0 Å². The minimum absolute atomic E-state index is 0.0103. The van der Waals surface area contributed by atoms with Crippen LogP contribution in [-0.2, 0) is 11.8 Å². The molecular weight excluding hydrogens is 246 g/mol. The first-order valence-corrected chi connectivity index (χ1v) is 7.04. The van der Waals surface area contributed by atoms with E-state index >= 15 is 0 Å². The molecule has 0 aliphatic carbocycles. The normalized spacial score (nSPS) is 12.2. The Labute approximate surface area is 119 Å². The van der Waals surface area contributed by atoms with Crippen molar-refractivity contribution in [2.45, 2.75) is 39.5 Å². The van der Waals surface area contributed by atoms with Crippen LogP contribution in [0.15, 0.2) is 30.6 Å². The van der Waals surface area contributed by atoms with Crippen LogP contribution in [0.1, 0.15) is 39.1 Å². The summed E-state index contributed by atoms with van der Waals surface area (Å²) in [6.07, 6.45) is 4.59. The van der Waals surface area contributed by atoms with Gasteiger partial charge in [0.15, 0.2) is 0 Å². The molecule has 3 aromatic rings. The summed E-state index contributed by atoms with van der Waals surface area (Å²) >= 11 is 0. The Bertz CT molecular complexity index is 785. The maximum absolute atomic E-state index is 4.88. The molecule has 0 atom stereocenters. The first-order chi connectivity index (χ1) is 9.49. The highest BCUT2D eigenvalue weighted by atomic mass is 14.8. The van der Waals surface area contributed by atoms with Crippen molar-refractivity contribution in [3.05, 3.63) is 42.0 Å². The fourth-order valence-electron chi connectivity index (χ4n) is 2.52. The quantitative estimate of drug-likeness (QED) is 0.623. The van der Waals surface area contributed by atoms with Gasteiger partial charge in [-0.2, -0.15) is 0 Å². The third-order valence-electron chi connectivity index (χ3n) is 3.54. The molecule has 3 rings (SSSR count). The predicted molar refractivity (Wildman–Crippen MR) is 82.9 cm³/mol. The topological polar surface area (TPSA) is 38.7 Å². The van der Waals surface area contributed by atoms with E-state index < -0.39 is 0 Å². The molecule has 102 valence electrons. The van der Waals surface area contributed by atoms with E-state index in [4.69, 9.17) is 9.97 Å². The smallest absolute Gasteiger partial charge is 0.0897 e. The van der Waals surface area contributed by atoms with Gasteiger partial charge in [-0.25, -0.2) is 9.97 Å². The van der Waals surface area contributed by atoms with Gasteiger partial charge in [0.05, 0.1) is 22.4 Å². The molecule has 0 amide bonds. The van der Waals surface area contributed by atoms with Gasteiger partial charge in [0.25, 0.3) is 0 Å². The average Bonchev–Trinajstić information content (AvgIpc) is 2.42. The number of aromatic nitrogens is 3. The van der Waals surface area contributed by atoms with Gasteiger partial charge in [-0.3, -0.25) is 4.98 Å². The molecule has 3 heteroatoms. The third-order valence-corrected chi connectivity index (χ3v) is 3.54. The highest BCUT2D eigenvalue weighted by Crippen LogP contribution is 2.27. The van der Waals surface area contributed by atoms with Gasteiger partial charge in [0.2, 0.25) is 0 Å². The number of nitrogens with zero attached hydrogens (tertiary/aromatic N) is 3. The standard InChI is InChI=1S/C17H19N3/c1-5-13-16(17(2,3)4)20-15-9-12-10-18-7-6-11(12)8-14(15)19-13/h6-10H,5H2,1-4H3. The fourth-order valence-corrected chi connectivity index (χ4v) is 2.52. The molecule has 0 aliphatic rings. The second-order valence-corrected chi connectivity index (χ2v) is 6.19. The molecule has 0 fully saturated rings. The Morgan fingerprint density at radius 3 is 2.40 bits per heavy atom. The molecule has 3 nitrogen and oxygen atoms in total. The van der Waals surface area contributed by atoms with Crippen LogP contribution in [0.2, 0.25) is 0 Å². The lowest BCUT2D eigenvalue weighted by molar-refractivity contribution is 0.559. The van der Waals surface area contributed by atoms with Crippen molar-refractivity contribution in [2.75, 3.05) is 0 Å². The second kappa shape index (κ2) is 4.51. The molecule has 20 heavy (non-hydrogen) atoms. The van der Waals surface area contributed by atoms with Gasteiger partial charge in [-0.1, -0.05) is 27.7 Å². The Kier molecular flexibility index (Phi) is 2.93. The molecule has 0 bridgehead atoms. The number of fused-ring (bicyclic) bond motifs is 2. The van der Waals surface area contributed by atoms with Crippen LogP contribution in [-0.4, -0.2) is 15.0 Å². The first kappa shape index (κ1) is 13.0. The zero-order chi connectivity index (χ0) is 14.3. The van der Waals surface area contributed by atoms with Gasteiger partial charge < -0.3 is 0 Å². The molecule has 0 aliphatic heterocycles. The molecule has 0 N–H and O–H groups in total. The van der Waals surface area contributed by atoms with E-state index in [2.05, 4.69) is 44.8 Å². The van der Waals surface area contributed by atoms with E-state index in [-0.39, 0.29) is 5.41 Å². The Morgan fingerprint density at radius 1 is 1.00 bits per heavy atom. The highest BCUT2D eigenvalue weighted by Gasteiger charge is 2.21. The van der Waals surface area contributed by atoms with Crippen molar-refractivity contribution < 1.29 is 0 Å². The minimum Gasteiger partial charge on any atom is -0.264 e. The second-order valence-electron chi connectivity index (χ2n) is 6.19. The average molecular weight is 265 g/mol. The molecule has 2 aromatic heterocycles. The lowest BCUT2D eigenvalue weighted by Gasteiger charge is -2.21. The molecule has 1 aromatic carbocycles. The molecule has 2 heterocycles. The van der Waals surface area contributed by atoms with Crippen molar-refractivity contribution >= 4 is 21.8 Å². The number of benzene rings is 1. The van der Waals surface area contributed by atoms with Crippen molar-refractivity contribution in [3.8, 4) is 0 Å². The Balaban J connectivity index is 2.36. The molecule has 0 unspecified atom stereocenters. The molecule has 0 saturated carbocycles. The summed E-state index contributed by atoms with van der Waals surface area (Å²) in [6, 6.07) is 6.20. The maximum Gasteiger partial charge on any atom is 0.0897 e. The van der Waals surface area contributed by atoms with Gasteiger partial charge in [0.1, 0.15) is 0 Å². The molecule has 0 radical (unpaired) electrons. The fraction of sp³-hybridized carbons (Fsp3) is 0.353. The summed E-state index contributed by atoms with van der Waals surface area (Å²) in [7, 11) is 0. The van der Waals surface area contributed by atoms with E-state index in [9.17, 15) is 0 Å². The summed E-state index contributed by atoms with van der Waals surface area (Å²) in [5.41, 5.74) is 4.12. The molecule has 0 spiro atoms. The maximum atomic E-state index is 4.88. The summed E-state index contributed by atoms with van der Waals surface area (Å²) < 4.78 is 0. The summed E-state index contributed by atoms with van der Waals surface area (Å²) in [5, 5.41) is 2.27. The van der Waals surface area contributed by atoms with Crippen LogP contribution in [0.4, 0.5) is 0 Å². The highest BCUT2D eigenvalue weighted by molar-refractivity contribution is 5.94. The lowest BCUT2D eigenvalue weighted by Crippen LogP contribution is -2.17. The van der Waals surface area contributed by atoms with Gasteiger partial charge in [0, 0.05) is 23.2 Å². The number of aryl methyl sites for hydroxylation is 1. The van der Waals surface area contributed by atoms with E-state index in [0.29, 0.717) is 0 Å². The predicted octanol–water partition coefficient (Wildman–Crippen LogP) is 4.04. The number of pyridine rings is 1. The molecule has 0 saturated heterocycles. The van der Waals surface area contributed by atoms with Gasteiger partial charge in [-0.05, 0) is 30.0 Å². The summed E-state index contributed by atoms with van der Waals surface area (Å²) in [5.74, 6) is 0. The van der Waals surface area contributed by atoms with E-state index in [0.717, 1.165) is 39.6 Å². The van der Waals surface area contributed by atoms with Crippen LogP contribution >= 0.6 is 0 Å². The van der Waals surface area contributed by atoms with Crippen LogP contribution < -0.4 is 0 Å². The van der Waals surface area contributed by atoms with Gasteiger partial charge >= 0.3 is 0 Å². The lowest BCUT2D eigenvalue weighted by atomic mass is 9.89. The number of hydrogen-bond acceptors (Lipinski definition) is 3. The van der Waals surface area contributed by atoms with E-state index in [1.165, 1.54) is 0 Å². The van der Waals surface area contributed by atoms with Gasteiger partial charge in [-0.15, -0.1) is 0 Å².